The van der Waals surface area contributed by atoms with Gasteiger partial charge in [0.1, 0.15) is 0 Å². The second-order valence-corrected chi connectivity index (χ2v) is 5.40. The molecule has 0 aliphatic carbocycles. The molecular formula is C16H12O5S. The molecule has 5 nitrogen and oxygen atoms in total. The fraction of sp³-hybridized carbons (Fsp3) is 0.125. The summed E-state index contributed by atoms with van der Waals surface area (Å²) < 4.78 is 15.4. The van der Waals surface area contributed by atoms with Crippen molar-refractivity contribution >= 4 is 29.2 Å². The molecule has 112 valence electrons. The Hall–Kier alpha value is -2.60. The summed E-state index contributed by atoms with van der Waals surface area (Å²) in [5.41, 5.74) is 0.783. The van der Waals surface area contributed by atoms with Crippen LogP contribution in [0.25, 0.3) is 6.08 Å². The Balaban J connectivity index is 1.54. The predicted octanol–water partition coefficient (Wildman–Crippen LogP) is 2.92. The Labute approximate surface area is 130 Å². The maximum atomic E-state index is 11.7. The average molecular weight is 316 g/mol. The van der Waals surface area contributed by atoms with E-state index in [0.29, 0.717) is 16.4 Å². The molecule has 3 rings (SSSR count). The molecule has 0 saturated carbocycles. The lowest BCUT2D eigenvalue weighted by Gasteiger charge is -2.00. The normalized spacial score (nSPS) is 12.5. The van der Waals surface area contributed by atoms with Gasteiger partial charge in [-0.25, -0.2) is 4.79 Å². The van der Waals surface area contributed by atoms with Crippen LogP contribution in [0.3, 0.4) is 0 Å². The van der Waals surface area contributed by atoms with Gasteiger partial charge in [-0.2, -0.15) is 0 Å². The number of ketones is 1. The van der Waals surface area contributed by atoms with E-state index in [1.54, 1.807) is 41.8 Å². The van der Waals surface area contributed by atoms with Crippen molar-refractivity contribution in [2.24, 2.45) is 0 Å². The number of Topliss-reactive ketones (excluding diaryl/α,β-unsaturated/α-hetero) is 1. The minimum atomic E-state index is -0.567. The summed E-state index contributed by atoms with van der Waals surface area (Å²) in [4.78, 5) is 23.9. The largest absolute Gasteiger partial charge is 0.454 e. The van der Waals surface area contributed by atoms with Crippen LogP contribution in [0.4, 0.5) is 0 Å². The number of thiophene rings is 1. The maximum Gasteiger partial charge on any atom is 0.331 e. The van der Waals surface area contributed by atoms with Crippen molar-refractivity contribution in [2.75, 3.05) is 13.4 Å². The molecule has 6 heteroatoms. The Morgan fingerprint density at radius 2 is 2.09 bits per heavy atom. The molecule has 0 radical (unpaired) electrons. The van der Waals surface area contributed by atoms with Crippen molar-refractivity contribution in [3.05, 3.63) is 52.2 Å². The van der Waals surface area contributed by atoms with Crippen LogP contribution in [0, 0.1) is 0 Å². The molecule has 0 bridgehead atoms. The number of fused-ring (bicyclic) bond motifs is 1. The van der Waals surface area contributed by atoms with E-state index in [1.165, 1.54) is 17.4 Å². The van der Waals surface area contributed by atoms with Gasteiger partial charge in [0.15, 0.2) is 18.1 Å². The van der Waals surface area contributed by atoms with Gasteiger partial charge >= 0.3 is 5.97 Å². The molecule has 0 amide bonds. The van der Waals surface area contributed by atoms with E-state index in [0.717, 1.165) is 5.56 Å². The van der Waals surface area contributed by atoms with E-state index in [-0.39, 0.29) is 19.2 Å². The van der Waals surface area contributed by atoms with Crippen LogP contribution >= 0.6 is 11.3 Å². The molecule has 0 spiro atoms. The van der Waals surface area contributed by atoms with Gasteiger partial charge in [-0.05, 0) is 35.2 Å². The summed E-state index contributed by atoms with van der Waals surface area (Å²) in [6, 6.07) is 8.81. The Morgan fingerprint density at radius 3 is 2.91 bits per heavy atom. The van der Waals surface area contributed by atoms with Gasteiger partial charge in [0.25, 0.3) is 0 Å². The number of hydrogen-bond acceptors (Lipinski definition) is 6. The molecule has 1 aromatic heterocycles. The molecule has 2 aromatic rings. The lowest BCUT2D eigenvalue weighted by atomic mass is 10.2. The fourth-order valence-corrected chi connectivity index (χ4v) is 2.53. The van der Waals surface area contributed by atoms with Crippen LogP contribution in [0.1, 0.15) is 15.2 Å². The molecule has 1 aliphatic heterocycles. The van der Waals surface area contributed by atoms with Gasteiger partial charge in [0, 0.05) is 6.08 Å². The van der Waals surface area contributed by atoms with E-state index in [9.17, 15) is 9.59 Å². The SMILES string of the molecule is O=C(C=Cc1ccc2c(c1)OCO2)OCC(=O)c1cccs1. The molecular weight excluding hydrogens is 304 g/mol. The Kier molecular flexibility index (Phi) is 4.20. The zero-order valence-corrected chi connectivity index (χ0v) is 12.3. The van der Waals surface area contributed by atoms with Crippen molar-refractivity contribution < 1.29 is 23.8 Å². The molecule has 22 heavy (non-hydrogen) atoms. The van der Waals surface area contributed by atoms with E-state index < -0.39 is 5.97 Å². The zero-order chi connectivity index (χ0) is 15.4. The van der Waals surface area contributed by atoms with Gasteiger partial charge in [-0.1, -0.05) is 12.1 Å². The topological polar surface area (TPSA) is 61.8 Å². The van der Waals surface area contributed by atoms with Crippen LogP contribution in [-0.2, 0) is 9.53 Å². The van der Waals surface area contributed by atoms with Crippen molar-refractivity contribution in [1.82, 2.24) is 0 Å². The number of rotatable bonds is 5. The van der Waals surface area contributed by atoms with Gasteiger partial charge in [-0.3, -0.25) is 4.79 Å². The number of esters is 1. The Bertz CT molecular complexity index is 718. The third kappa shape index (κ3) is 3.35. The Morgan fingerprint density at radius 1 is 1.23 bits per heavy atom. The van der Waals surface area contributed by atoms with E-state index in [1.807, 2.05) is 0 Å². The number of carbonyl (C=O) groups is 2. The van der Waals surface area contributed by atoms with Gasteiger partial charge < -0.3 is 14.2 Å². The van der Waals surface area contributed by atoms with Crippen LogP contribution in [-0.4, -0.2) is 25.2 Å². The third-order valence-corrected chi connectivity index (χ3v) is 3.86. The average Bonchev–Trinajstić information content (AvgIpc) is 3.20. The van der Waals surface area contributed by atoms with Crippen molar-refractivity contribution in [3.63, 3.8) is 0 Å². The first-order valence-corrected chi connectivity index (χ1v) is 7.41. The second-order valence-electron chi connectivity index (χ2n) is 4.45. The molecule has 0 N–H and O–H groups in total. The van der Waals surface area contributed by atoms with E-state index in [4.69, 9.17) is 14.2 Å². The number of ether oxygens (including phenoxy) is 3. The maximum absolute atomic E-state index is 11.7. The van der Waals surface area contributed by atoms with Crippen LogP contribution in [0.5, 0.6) is 11.5 Å². The predicted molar refractivity (Wildman–Crippen MR) is 81.2 cm³/mol. The molecule has 0 saturated heterocycles. The summed E-state index contributed by atoms with van der Waals surface area (Å²) >= 11 is 1.32. The first-order chi connectivity index (χ1) is 10.7. The number of benzene rings is 1. The van der Waals surface area contributed by atoms with Crippen molar-refractivity contribution in [2.45, 2.75) is 0 Å². The first kappa shape index (κ1) is 14.3. The highest BCUT2D eigenvalue weighted by atomic mass is 32.1. The molecule has 0 atom stereocenters. The van der Waals surface area contributed by atoms with Crippen LogP contribution in [0.15, 0.2) is 41.8 Å². The molecule has 1 aromatic carbocycles. The summed E-state index contributed by atoms with van der Waals surface area (Å²) in [5, 5.41) is 1.80. The summed E-state index contributed by atoms with van der Waals surface area (Å²) in [7, 11) is 0. The standard InChI is InChI=1S/C16H12O5S/c17-12(15-2-1-7-22-15)9-19-16(18)6-4-11-3-5-13-14(8-11)21-10-20-13/h1-8H,9-10H2. The molecule has 0 fully saturated rings. The lowest BCUT2D eigenvalue weighted by Crippen LogP contribution is -2.11. The lowest BCUT2D eigenvalue weighted by molar-refractivity contribution is -0.136. The third-order valence-electron chi connectivity index (χ3n) is 2.95. The highest BCUT2D eigenvalue weighted by Gasteiger charge is 2.12. The number of hydrogen-bond donors (Lipinski definition) is 0. The second kappa shape index (κ2) is 6.44. The summed E-state index contributed by atoms with van der Waals surface area (Å²) in [6.07, 6.45) is 2.87. The molecule has 2 heterocycles. The zero-order valence-electron chi connectivity index (χ0n) is 11.5. The van der Waals surface area contributed by atoms with Gasteiger partial charge in [-0.15, -0.1) is 11.3 Å². The van der Waals surface area contributed by atoms with Crippen LogP contribution < -0.4 is 9.47 Å². The first-order valence-electron chi connectivity index (χ1n) is 6.53. The van der Waals surface area contributed by atoms with E-state index in [2.05, 4.69) is 0 Å². The van der Waals surface area contributed by atoms with Crippen molar-refractivity contribution in [1.29, 1.82) is 0 Å². The fourth-order valence-electron chi connectivity index (χ4n) is 1.87. The monoisotopic (exact) mass is 316 g/mol. The highest BCUT2D eigenvalue weighted by Crippen LogP contribution is 2.32. The smallest absolute Gasteiger partial charge is 0.331 e. The molecule has 0 unspecified atom stereocenters. The van der Waals surface area contributed by atoms with E-state index >= 15 is 0 Å². The van der Waals surface area contributed by atoms with Gasteiger partial charge in [0.2, 0.25) is 12.6 Å². The minimum absolute atomic E-state index is 0.204. The number of carbonyl (C=O) groups excluding carboxylic acids is 2. The molecule has 1 aliphatic rings. The van der Waals surface area contributed by atoms with Gasteiger partial charge in [0.05, 0.1) is 4.88 Å². The minimum Gasteiger partial charge on any atom is -0.454 e. The highest BCUT2D eigenvalue weighted by molar-refractivity contribution is 7.12. The summed E-state index contributed by atoms with van der Waals surface area (Å²) in [6.45, 7) is -0.0554. The van der Waals surface area contributed by atoms with Crippen molar-refractivity contribution in [3.8, 4) is 11.5 Å². The summed E-state index contributed by atoms with van der Waals surface area (Å²) in [5.74, 6) is 0.548. The van der Waals surface area contributed by atoms with Crippen LogP contribution in [0.2, 0.25) is 0 Å². The quantitative estimate of drug-likeness (QED) is 0.482.